The van der Waals surface area contributed by atoms with Crippen LogP contribution in [0, 0.1) is 6.92 Å². The number of carbonyl (C=O) groups is 2. The molecular weight excluding hydrogens is 477 g/mol. The molecule has 36 heavy (non-hydrogen) atoms. The van der Waals surface area contributed by atoms with Gasteiger partial charge in [-0.1, -0.05) is 6.07 Å². The van der Waals surface area contributed by atoms with Crippen molar-refractivity contribution in [2.45, 2.75) is 13.3 Å². The topological polar surface area (TPSA) is 91.7 Å². The molecule has 0 spiro atoms. The van der Waals surface area contributed by atoms with E-state index < -0.39 is 18.1 Å². The minimum Gasteiger partial charge on any atom is -0.406 e. The predicted molar refractivity (Wildman–Crippen MR) is 128 cm³/mol. The Bertz CT molecular complexity index is 1220. The maximum atomic E-state index is 13.1. The monoisotopic (exact) mass is 502 g/mol. The molecule has 12 heteroatoms. The summed E-state index contributed by atoms with van der Waals surface area (Å²) in [6.45, 7) is 4.38. The second-order valence-corrected chi connectivity index (χ2v) is 8.35. The van der Waals surface area contributed by atoms with E-state index in [0.717, 1.165) is 23.5 Å². The lowest BCUT2D eigenvalue weighted by Gasteiger charge is -2.35. The third-order valence-electron chi connectivity index (χ3n) is 5.61. The van der Waals surface area contributed by atoms with Crippen LogP contribution in [0.5, 0.6) is 5.75 Å². The van der Waals surface area contributed by atoms with E-state index in [4.69, 9.17) is 0 Å². The van der Waals surface area contributed by atoms with Crippen molar-refractivity contribution >= 4 is 29.1 Å². The van der Waals surface area contributed by atoms with Crippen LogP contribution in [0.15, 0.2) is 54.9 Å². The highest BCUT2D eigenvalue weighted by atomic mass is 19.4. The van der Waals surface area contributed by atoms with Crippen molar-refractivity contribution in [1.82, 2.24) is 14.5 Å². The highest BCUT2D eigenvalue weighted by Gasteiger charge is 2.31. The summed E-state index contributed by atoms with van der Waals surface area (Å²) >= 11 is 0. The van der Waals surface area contributed by atoms with Gasteiger partial charge in [-0.05, 0) is 48.9 Å². The predicted octanol–water partition coefficient (Wildman–Crippen LogP) is 4.23. The fourth-order valence-corrected chi connectivity index (χ4v) is 3.83. The molecular formula is C24H25F3N6O3. The van der Waals surface area contributed by atoms with Crippen LogP contribution < -0.4 is 20.3 Å². The van der Waals surface area contributed by atoms with Gasteiger partial charge in [-0.15, -0.1) is 13.2 Å². The molecule has 1 fully saturated rings. The summed E-state index contributed by atoms with van der Waals surface area (Å²) in [5, 5.41) is 5.15. The molecule has 0 saturated carbocycles. The molecule has 0 aliphatic carbocycles. The largest absolute Gasteiger partial charge is 0.573 e. The summed E-state index contributed by atoms with van der Waals surface area (Å²) in [7, 11) is 1.71. The minimum absolute atomic E-state index is 0.150. The molecule has 2 N–H and O–H groups in total. The van der Waals surface area contributed by atoms with E-state index in [9.17, 15) is 22.8 Å². The number of carbonyl (C=O) groups excluding carboxylic acids is 2. The van der Waals surface area contributed by atoms with Gasteiger partial charge in [-0.2, -0.15) is 0 Å². The molecule has 190 valence electrons. The average Bonchev–Trinajstić information content (AvgIpc) is 3.19. The van der Waals surface area contributed by atoms with Crippen molar-refractivity contribution in [3.05, 3.63) is 66.1 Å². The number of amides is 3. The Morgan fingerprint density at radius 2 is 1.64 bits per heavy atom. The Kier molecular flexibility index (Phi) is 7.04. The lowest BCUT2D eigenvalue weighted by molar-refractivity contribution is -0.274. The number of pyridine rings is 1. The van der Waals surface area contributed by atoms with Crippen LogP contribution in [0.1, 0.15) is 16.1 Å². The molecule has 3 heterocycles. The molecule has 9 nitrogen and oxygen atoms in total. The van der Waals surface area contributed by atoms with Gasteiger partial charge in [0.2, 0.25) is 0 Å². The van der Waals surface area contributed by atoms with Gasteiger partial charge < -0.3 is 29.7 Å². The number of hydrogen-bond acceptors (Lipinski definition) is 5. The van der Waals surface area contributed by atoms with Crippen molar-refractivity contribution in [2.24, 2.45) is 7.05 Å². The van der Waals surface area contributed by atoms with E-state index in [1.807, 2.05) is 25.3 Å². The number of piperazine rings is 1. The number of rotatable bonds is 5. The van der Waals surface area contributed by atoms with Gasteiger partial charge in [-0.3, -0.25) is 4.79 Å². The first-order valence-electron chi connectivity index (χ1n) is 11.1. The van der Waals surface area contributed by atoms with Gasteiger partial charge in [0, 0.05) is 51.3 Å². The fraction of sp³-hybridized carbons (Fsp3) is 0.292. The number of anilines is 3. The van der Waals surface area contributed by atoms with E-state index in [1.165, 1.54) is 12.1 Å². The maximum Gasteiger partial charge on any atom is 0.573 e. The average molecular weight is 502 g/mol. The number of alkyl halides is 3. The number of nitrogens with zero attached hydrogens (tertiary/aromatic N) is 4. The van der Waals surface area contributed by atoms with Crippen molar-refractivity contribution in [3.8, 4) is 5.75 Å². The zero-order chi connectivity index (χ0) is 25.9. The van der Waals surface area contributed by atoms with Crippen molar-refractivity contribution in [1.29, 1.82) is 0 Å². The Balaban J connectivity index is 1.31. The zero-order valence-electron chi connectivity index (χ0n) is 19.7. The van der Waals surface area contributed by atoms with Gasteiger partial charge in [0.15, 0.2) is 0 Å². The lowest BCUT2D eigenvalue weighted by atomic mass is 10.2. The maximum absolute atomic E-state index is 13.1. The molecule has 0 radical (unpaired) electrons. The van der Waals surface area contributed by atoms with E-state index in [1.54, 1.807) is 28.8 Å². The van der Waals surface area contributed by atoms with E-state index in [0.29, 0.717) is 37.6 Å². The standard InChI is InChI=1S/C24H25F3N6O3/c1-16-3-8-21(28-14-16)32-9-11-33(12-10-32)22(34)20-13-18(15-31(20)2)30-23(35)29-17-4-6-19(7-5-17)36-24(25,26)27/h3-8,13-15H,9-12H2,1-2H3,(H2,29,30,35). The minimum atomic E-state index is -4.79. The highest BCUT2D eigenvalue weighted by molar-refractivity contribution is 6.01. The third kappa shape index (κ3) is 6.26. The first-order valence-corrected chi connectivity index (χ1v) is 11.1. The van der Waals surface area contributed by atoms with E-state index in [-0.39, 0.29) is 11.6 Å². The number of aromatic nitrogens is 2. The van der Waals surface area contributed by atoms with Crippen LogP contribution in [-0.4, -0.2) is 58.9 Å². The van der Waals surface area contributed by atoms with E-state index >= 15 is 0 Å². The molecule has 3 amide bonds. The Labute approximate surface area is 205 Å². The van der Waals surface area contributed by atoms with Crippen LogP contribution >= 0.6 is 0 Å². The summed E-state index contributed by atoms with van der Waals surface area (Å²) < 4.78 is 42.2. The van der Waals surface area contributed by atoms with Crippen LogP contribution in [0.25, 0.3) is 0 Å². The summed E-state index contributed by atoms with van der Waals surface area (Å²) in [5.41, 5.74) is 2.18. The number of urea groups is 1. The smallest absolute Gasteiger partial charge is 0.406 e. The van der Waals surface area contributed by atoms with Crippen molar-refractivity contribution in [2.75, 3.05) is 41.7 Å². The van der Waals surface area contributed by atoms with Crippen molar-refractivity contribution < 1.29 is 27.5 Å². The van der Waals surface area contributed by atoms with Gasteiger partial charge in [0.25, 0.3) is 5.91 Å². The summed E-state index contributed by atoms with van der Waals surface area (Å²) in [6, 6.07) is 9.70. The SMILES string of the molecule is Cc1ccc(N2CCN(C(=O)c3cc(NC(=O)Nc4ccc(OC(F)(F)F)cc4)cn3C)CC2)nc1. The van der Waals surface area contributed by atoms with Gasteiger partial charge in [0.05, 0.1) is 5.69 Å². The zero-order valence-corrected chi connectivity index (χ0v) is 19.7. The lowest BCUT2D eigenvalue weighted by Crippen LogP contribution is -2.49. The summed E-state index contributed by atoms with van der Waals surface area (Å²) in [4.78, 5) is 33.7. The van der Waals surface area contributed by atoms with Gasteiger partial charge in [-0.25, -0.2) is 9.78 Å². The molecule has 1 aliphatic heterocycles. The molecule has 2 aromatic heterocycles. The van der Waals surface area contributed by atoms with Crippen LogP contribution in [-0.2, 0) is 7.05 Å². The molecule has 0 bridgehead atoms. The second kappa shape index (κ2) is 10.2. The first-order chi connectivity index (χ1) is 17.1. The highest BCUT2D eigenvalue weighted by Crippen LogP contribution is 2.24. The quantitative estimate of drug-likeness (QED) is 0.545. The van der Waals surface area contributed by atoms with Crippen molar-refractivity contribution in [3.63, 3.8) is 0 Å². The number of hydrogen-bond donors (Lipinski definition) is 2. The number of nitrogens with one attached hydrogen (secondary N) is 2. The number of halogens is 3. The second-order valence-electron chi connectivity index (χ2n) is 8.35. The van der Waals surface area contributed by atoms with Crippen LogP contribution in [0.4, 0.5) is 35.2 Å². The Morgan fingerprint density at radius 1 is 0.972 bits per heavy atom. The Morgan fingerprint density at radius 3 is 2.25 bits per heavy atom. The molecule has 1 aliphatic rings. The molecule has 0 atom stereocenters. The summed E-state index contributed by atoms with van der Waals surface area (Å²) in [6.07, 6.45) is -1.36. The molecule has 0 unspecified atom stereocenters. The number of benzene rings is 1. The molecule has 4 rings (SSSR count). The van der Waals surface area contributed by atoms with Gasteiger partial charge >= 0.3 is 12.4 Å². The Hall–Kier alpha value is -4.22. The molecule has 1 saturated heterocycles. The third-order valence-corrected chi connectivity index (χ3v) is 5.61. The van der Waals surface area contributed by atoms with E-state index in [2.05, 4.69) is 25.3 Å². The fourth-order valence-electron chi connectivity index (χ4n) is 3.83. The number of ether oxygens (including phenoxy) is 1. The first kappa shape index (κ1) is 24.9. The number of aryl methyl sites for hydroxylation is 2. The van der Waals surface area contributed by atoms with Crippen LogP contribution in [0.3, 0.4) is 0 Å². The molecule has 3 aromatic rings. The normalized spacial score (nSPS) is 13.9. The summed E-state index contributed by atoms with van der Waals surface area (Å²) in [5.74, 6) is 0.338. The van der Waals surface area contributed by atoms with Gasteiger partial charge in [0.1, 0.15) is 17.3 Å². The molecule has 1 aromatic carbocycles. The van der Waals surface area contributed by atoms with Crippen LogP contribution in [0.2, 0.25) is 0 Å².